The van der Waals surface area contributed by atoms with E-state index >= 15 is 0 Å². The molecule has 0 aliphatic rings. The number of aliphatic hydroxyl groups excluding tert-OH is 1. The molecule has 0 saturated carbocycles. The van der Waals surface area contributed by atoms with Crippen LogP contribution in [0.3, 0.4) is 0 Å². The first-order valence-electron chi connectivity index (χ1n) is 9.17. The highest BCUT2D eigenvalue weighted by Crippen LogP contribution is 2.25. The van der Waals surface area contributed by atoms with Crippen molar-refractivity contribution in [3.63, 3.8) is 0 Å². The van der Waals surface area contributed by atoms with Crippen LogP contribution in [0.15, 0.2) is 48.7 Å². The number of aryl methyl sites for hydroxylation is 1. The van der Waals surface area contributed by atoms with Gasteiger partial charge in [-0.2, -0.15) is 4.98 Å². The van der Waals surface area contributed by atoms with Crippen molar-refractivity contribution < 1.29 is 5.11 Å². The number of hydrogen-bond acceptors (Lipinski definition) is 6. The van der Waals surface area contributed by atoms with Crippen molar-refractivity contribution in [3.8, 4) is 11.4 Å². The molecular formula is C21H24ClN5O. The fourth-order valence-electron chi connectivity index (χ4n) is 2.63. The first kappa shape index (κ1) is 20.0. The van der Waals surface area contributed by atoms with Crippen LogP contribution in [0, 0.1) is 12.8 Å². The largest absolute Gasteiger partial charge is 0.394 e. The zero-order valence-electron chi connectivity index (χ0n) is 16.1. The van der Waals surface area contributed by atoms with Gasteiger partial charge in [0.05, 0.1) is 24.0 Å². The summed E-state index contributed by atoms with van der Waals surface area (Å²) in [7, 11) is 0. The number of nitrogens with one attached hydrogen (secondary N) is 2. The molecule has 0 bridgehead atoms. The Morgan fingerprint density at radius 2 is 1.89 bits per heavy atom. The summed E-state index contributed by atoms with van der Waals surface area (Å²) in [5.41, 5.74) is 3.26. The third kappa shape index (κ3) is 4.97. The van der Waals surface area contributed by atoms with Gasteiger partial charge in [0.2, 0.25) is 5.95 Å². The second-order valence-electron chi connectivity index (χ2n) is 6.94. The minimum atomic E-state index is -0.152. The van der Waals surface area contributed by atoms with Gasteiger partial charge in [0, 0.05) is 23.0 Å². The van der Waals surface area contributed by atoms with Gasteiger partial charge in [-0.25, -0.2) is 4.98 Å². The lowest BCUT2D eigenvalue weighted by Gasteiger charge is -2.20. The first-order chi connectivity index (χ1) is 13.5. The maximum atomic E-state index is 9.64. The van der Waals surface area contributed by atoms with E-state index in [0.29, 0.717) is 22.5 Å². The second kappa shape index (κ2) is 8.99. The lowest BCUT2D eigenvalue weighted by Crippen LogP contribution is -2.30. The lowest BCUT2D eigenvalue weighted by atomic mass is 10.1. The normalized spacial score (nSPS) is 12.1. The molecule has 0 saturated heterocycles. The van der Waals surface area contributed by atoms with Gasteiger partial charge in [0.25, 0.3) is 0 Å². The van der Waals surface area contributed by atoms with Crippen LogP contribution < -0.4 is 10.6 Å². The van der Waals surface area contributed by atoms with Crippen molar-refractivity contribution in [1.29, 1.82) is 0 Å². The molecular weight excluding hydrogens is 374 g/mol. The molecule has 0 fully saturated rings. The van der Waals surface area contributed by atoms with Crippen LogP contribution in [0.4, 0.5) is 17.5 Å². The molecule has 3 aromatic rings. The third-order valence-corrected chi connectivity index (χ3v) is 4.82. The first-order valence-corrected chi connectivity index (χ1v) is 9.55. The molecule has 0 aliphatic heterocycles. The summed E-state index contributed by atoms with van der Waals surface area (Å²) in [5.74, 6) is 1.26. The van der Waals surface area contributed by atoms with E-state index in [9.17, 15) is 5.11 Å². The van der Waals surface area contributed by atoms with Gasteiger partial charge >= 0.3 is 0 Å². The van der Waals surface area contributed by atoms with Crippen LogP contribution in [-0.4, -0.2) is 32.7 Å². The van der Waals surface area contributed by atoms with Gasteiger partial charge in [-0.05, 0) is 42.7 Å². The van der Waals surface area contributed by atoms with E-state index in [0.717, 1.165) is 16.9 Å². The number of aliphatic hydroxyl groups is 1. The predicted molar refractivity (Wildman–Crippen MR) is 114 cm³/mol. The molecule has 0 amide bonds. The standard InChI is InChI=1S/C21H24ClN5O/c1-13(2)19(12-28)26-21-25-18(17-6-4-5-9-23-17)11-20(27-21)24-15-8-7-14(3)16(22)10-15/h4-11,13,19,28H,12H2,1-3H3,(H2,24,25,26,27)/t19-/m0/s1. The minimum absolute atomic E-state index is 0.00876. The van der Waals surface area contributed by atoms with Crippen molar-refractivity contribution >= 4 is 29.1 Å². The molecule has 0 aliphatic carbocycles. The van der Waals surface area contributed by atoms with Crippen molar-refractivity contribution in [1.82, 2.24) is 15.0 Å². The molecule has 28 heavy (non-hydrogen) atoms. The molecule has 1 atom stereocenters. The maximum Gasteiger partial charge on any atom is 0.225 e. The number of nitrogens with zero attached hydrogens (tertiary/aromatic N) is 3. The van der Waals surface area contributed by atoms with E-state index in [2.05, 4.69) is 25.6 Å². The molecule has 0 radical (unpaired) electrons. The predicted octanol–water partition coefficient (Wildman–Crippen LogP) is 4.67. The Morgan fingerprint density at radius 3 is 2.54 bits per heavy atom. The van der Waals surface area contributed by atoms with Crippen LogP contribution in [0.25, 0.3) is 11.4 Å². The Morgan fingerprint density at radius 1 is 1.07 bits per heavy atom. The fraction of sp³-hybridized carbons (Fsp3) is 0.286. The van der Waals surface area contributed by atoms with Crippen LogP contribution in [0.1, 0.15) is 19.4 Å². The van der Waals surface area contributed by atoms with Crippen LogP contribution in [-0.2, 0) is 0 Å². The lowest BCUT2D eigenvalue weighted by molar-refractivity contribution is 0.248. The Labute approximate surface area is 170 Å². The van der Waals surface area contributed by atoms with Crippen LogP contribution in [0.5, 0.6) is 0 Å². The molecule has 2 aromatic heterocycles. The van der Waals surface area contributed by atoms with Crippen molar-refractivity contribution in [2.75, 3.05) is 17.2 Å². The number of halogens is 1. The monoisotopic (exact) mass is 397 g/mol. The SMILES string of the molecule is Cc1ccc(Nc2cc(-c3ccccn3)nc(N[C@@H](CO)C(C)C)n2)cc1Cl. The number of hydrogen-bond donors (Lipinski definition) is 3. The van der Waals surface area contributed by atoms with Gasteiger partial charge in [-0.1, -0.05) is 37.6 Å². The van der Waals surface area contributed by atoms with E-state index < -0.39 is 0 Å². The zero-order chi connectivity index (χ0) is 20.1. The summed E-state index contributed by atoms with van der Waals surface area (Å²) in [6.45, 7) is 6.01. The number of pyridine rings is 1. The molecule has 146 valence electrons. The Hall–Kier alpha value is -2.70. The van der Waals surface area contributed by atoms with Gasteiger partial charge in [-0.3, -0.25) is 4.98 Å². The summed E-state index contributed by atoms with van der Waals surface area (Å²) >= 11 is 6.24. The minimum Gasteiger partial charge on any atom is -0.394 e. The molecule has 3 rings (SSSR count). The van der Waals surface area contributed by atoms with Crippen LogP contribution in [0.2, 0.25) is 5.02 Å². The quantitative estimate of drug-likeness (QED) is 0.537. The molecule has 2 heterocycles. The smallest absolute Gasteiger partial charge is 0.225 e. The number of aromatic nitrogens is 3. The number of anilines is 3. The third-order valence-electron chi connectivity index (χ3n) is 4.41. The summed E-state index contributed by atoms with van der Waals surface area (Å²) in [5, 5.41) is 16.8. The highest BCUT2D eigenvalue weighted by molar-refractivity contribution is 6.31. The van der Waals surface area contributed by atoms with Gasteiger partial charge < -0.3 is 15.7 Å². The average molecular weight is 398 g/mol. The van der Waals surface area contributed by atoms with Gasteiger partial charge in [0.15, 0.2) is 0 Å². The van der Waals surface area contributed by atoms with E-state index in [4.69, 9.17) is 11.6 Å². The second-order valence-corrected chi connectivity index (χ2v) is 7.35. The molecule has 1 aromatic carbocycles. The molecule has 3 N–H and O–H groups in total. The average Bonchev–Trinajstić information content (AvgIpc) is 2.69. The van der Waals surface area contributed by atoms with E-state index in [1.54, 1.807) is 6.20 Å². The topological polar surface area (TPSA) is 83.0 Å². The molecule has 6 nitrogen and oxygen atoms in total. The molecule has 0 spiro atoms. The van der Waals surface area contributed by atoms with E-state index in [1.807, 2.05) is 63.2 Å². The molecule has 0 unspecified atom stereocenters. The maximum absolute atomic E-state index is 9.64. The van der Waals surface area contributed by atoms with E-state index in [1.165, 1.54) is 0 Å². The fourth-order valence-corrected chi connectivity index (χ4v) is 2.81. The van der Waals surface area contributed by atoms with Gasteiger partial charge in [0.1, 0.15) is 5.82 Å². The van der Waals surface area contributed by atoms with Crippen molar-refractivity contribution in [2.45, 2.75) is 26.8 Å². The molecule has 7 heteroatoms. The van der Waals surface area contributed by atoms with Crippen LogP contribution >= 0.6 is 11.6 Å². The van der Waals surface area contributed by atoms with Crippen molar-refractivity contribution in [3.05, 3.63) is 59.2 Å². The van der Waals surface area contributed by atoms with E-state index in [-0.39, 0.29) is 18.6 Å². The Balaban J connectivity index is 1.97. The summed E-state index contributed by atoms with van der Waals surface area (Å²) in [4.78, 5) is 13.5. The Bertz CT molecular complexity index is 933. The van der Waals surface area contributed by atoms with Crippen molar-refractivity contribution in [2.24, 2.45) is 5.92 Å². The highest BCUT2D eigenvalue weighted by atomic mass is 35.5. The number of benzene rings is 1. The Kier molecular flexibility index (Phi) is 6.44. The summed E-state index contributed by atoms with van der Waals surface area (Å²) < 4.78 is 0. The zero-order valence-corrected chi connectivity index (χ0v) is 16.9. The highest BCUT2D eigenvalue weighted by Gasteiger charge is 2.15. The summed E-state index contributed by atoms with van der Waals surface area (Å²) in [6.07, 6.45) is 1.72. The van der Waals surface area contributed by atoms with Gasteiger partial charge in [-0.15, -0.1) is 0 Å². The number of rotatable bonds is 7. The summed E-state index contributed by atoms with van der Waals surface area (Å²) in [6, 6.07) is 13.1.